The van der Waals surface area contributed by atoms with Crippen LogP contribution in [-0.2, 0) is 16.7 Å². The average molecular weight is 528 g/mol. The maximum atomic E-state index is 12.8. The van der Waals surface area contributed by atoms with Crippen LogP contribution in [0.2, 0.25) is 0 Å². The molecule has 0 aliphatic heterocycles. The molecule has 0 radical (unpaired) electrons. The second-order valence-electron chi connectivity index (χ2n) is 7.74. The van der Waals surface area contributed by atoms with Crippen LogP contribution in [0.15, 0.2) is 47.4 Å². The third kappa shape index (κ3) is 5.77. The molecule has 0 saturated heterocycles. The number of carboxylic acids is 1. The molecule has 32 heavy (non-hydrogen) atoms. The fourth-order valence-electron chi connectivity index (χ4n) is 2.78. The molecule has 0 spiro atoms. The Balaban J connectivity index is 1.70. The molecule has 0 aliphatic carbocycles. The number of carboxylic acid groups (broad SMARTS) is 1. The Labute approximate surface area is 194 Å². The van der Waals surface area contributed by atoms with Gasteiger partial charge in [0.25, 0.3) is 0 Å². The molecular formula is C23H22F3NO3SSe. The van der Waals surface area contributed by atoms with E-state index in [-0.39, 0.29) is 14.5 Å². The summed E-state index contributed by atoms with van der Waals surface area (Å²) in [5, 5.41) is 9.24. The van der Waals surface area contributed by atoms with Gasteiger partial charge in [0.2, 0.25) is 0 Å². The molecule has 4 nitrogen and oxygen atoms in total. The number of aliphatic carboxylic acids is 1. The zero-order valence-corrected chi connectivity index (χ0v) is 20.4. The van der Waals surface area contributed by atoms with E-state index in [1.807, 2.05) is 26.0 Å². The first-order valence-electron chi connectivity index (χ1n) is 9.66. The molecule has 170 valence electrons. The van der Waals surface area contributed by atoms with Crippen LogP contribution in [0.3, 0.4) is 0 Å². The van der Waals surface area contributed by atoms with Gasteiger partial charge in [-0.25, -0.2) is 0 Å². The molecule has 3 rings (SSSR count). The minimum absolute atomic E-state index is 0.0551. The van der Waals surface area contributed by atoms with Crippen molar-refractivity contribution in [1.29, 1.82) is 0 Å². The molecule has 0 saturated carbocycles. The number of hydrogen-bond acceptors (Lipinski definition) is 4. The van der Waals surface area contributed by atoms with Gasteiger partial charge in [0, 0.05) is 0 Å². The van der Waals surface area contributed by atoms with E-state index in [2.05, 4.69) is 4.98 Å². The fourth-order valence-corrected chi connectivity index (χ4v) is 6.32. The van der Waals surface area contributed by atoms with Crippen molar-refractivity contribution in [3.8, 4) is 15.9 Å². The van der Waals surface area contributed by atoms with Crippen LogP contribution < -0.4 is 4.74 Å². The molecular weight excluding hydrogens is 506 g/mol. The van der Waals surface area contributed by atoms with Crippen molar-refractivity contribution < 1.29 is 27.8 Å². The van der Waals surface area contributed by atoms with Crippen molar-refractivity contribution in [2.75, 3.05) is 0 Å². The first kappa shape index (κ1) is 24.4. The normalized spacial score (nSPS) is 12.1. The van der Waals surface area contributed by atoms with Gasteiger partial charge in [-0.3, -0.25) is 0 Å². The van der Waals surface area contributed by atoms with E-state index in [9.17, 15) is 23.1 Å². The van der Waals surface area contributed by atoms with Gasteiger partial charge in [0.1, 0.15) is 0 Å². The molecule has 9 heteroatoms. The summed E-state index contributed by atoms with van der Waals surface area (Å²) in [4.78, 5) is 16.9. The number of halogens is 3. The third-order valence-electron chi connectivity index (χ3n) is 4.75. The molecule has 1 heterocycles. The number of alkyl halides is 3. The van der Waals surface area contributed by atoms with Gasteiger partial charge >= 0.3 is 195 Å². The van der Waals surface area contributed by atoms with Crippen LogP contribution in [0.25, 0.3) is 10.1 Å². The van der Waals surface area contributed by atoms with E-state index in [4.69, 9.17) is 4.74 Å². The number of nitrogens with zero attached hydrogens (tertiary/aromatic N) is 1. The predicted molar refractivity (Wildman–Crippen MR) is 119 cm³/mol. The first-order chi connectivity index (χ1) is 14.9. The van der Waals surface area contributed by atoms with Gasteiger partial charge in [0.15, 0.2) is 0 Å². The van der Waals surface area contributed by atoms with Crippen molar-refractivity contribution in [3.05, 3.63) is 63.7 Å². The molecule has 0 bridgehead atoms. The zero-order chi connectivity index (χ0) is 23.7. The molecule has 2 aromatic carbocycles. The van der Waals surface area contributed by atoms with Gasteiger partial charge in [-0.15, -0.1) is 0 Å². The quantitative estimate of drug-likeness (QED) is 0.302. The third-order valence-corrected chi connectivity index (χ3v) is 8.71. The summed E-state index contributed by atoms with van der Waals surface area (Å²) in [6.07, 6.45) is -4.35. The zero-order valence-electron chi connectivity index (χ0n) is 17.9. The van der Waals surface area contributed by atoms with Crippen LogP contribution in [0, 0.1) is 13.8 Å². The topological polar surface area (TPSA) is 59.4 Å². The Bertz CT molecular complexity index is 1120. The summed E-state index contributed by atoms with van der Waals surface area (Å²) >= 11 is 1.58. The number of benzene rings is 2. The van der Waals surface area contributed by atoms with Crippen LogP contribution in [-0.4, -0.2) is 36.2 Å². The Kier molecular flexibility index (Phi) is 7.12. The number of carbonyl (C=O) groups is 1. The number of aromatic nitrogens is 1. The maximum absolute atomic E-state index is 12.8. The molecule has 0 fully saturated rings. The van der Waals surface area contributed by atoms with Crippen LogP contribution >= 0.6 is 11.8 Å². The van der Waals surface area contributed by atoms with Crippen LogP contribution in [0.5, 0.6) is 5.75 Å². The second kappa shape index (κ2) is 9.33. The van der Waals surface area contributed by atoms with E-state index in [1.165, 1.54) is 30.4 Å². The molecule has 1 aromatic heterocycles. The van der Waals surface area contributed by atoms with Gasteiger partial charge in [0.05, 0.1) is 0 Å². The van der Waals surface area contributed by atoms with Crippen molar-refractivity contribution in [1.82, 2.24) is 4.98 Å². The van der Waals surface area contributed by atoms with E-state index in [0.29, 0.717) is 5.75 Å². The monoisotopic (exact) mass is 529 g/mol. The summed E-state index contributed by atoms with van der Waals surface area (Å²) in [5.41, 5.74) is 0.485. The number of rotatable bonds is 7. The predicted octanol–water partition coefficient (Wildman–Crippen LogP) is 5.98. The summed E-state index contributed by atoms with van der Waals surface area (Å²) in [5.74, 6) is 0.208. The SMILES string of the molecule is Cc1cc(SCc2[se]c(-c3ccc(C(F)(F)F)cc3)nc2C)ccc1OC(C)(C)C(=O)O. The molecule has 0 amide bonds. The molecule has 0 unspecified atom stereocenters. The van der Waals surface area contributed by atoms with E-state index >= 15 is 0 Å². The van der Waals surface area contributed by atoms with Gasteiger partial charge in [-0.1, -0.05) is 0 Å². The molecule has 0 aliphatic rings. The van der Waals surface area contributed by atoms with Crippen LogP contribution in [0.1, 0.15) is 35.1 Å². The van der Waals surface area contributed by atoms with E-state index in [0.717, 1.165) is 44.2 Å². The number of thioether (sulfide) groups is 1. The summed E-state index contributed by atoms with van der Waals surface area (Å²) < 4.78 is 46.0. The fraction of sp³-hybridized carbons (Fsp3) is 0.304. The van der Waals surface area contributed by atoms with E-state index in [1.54, 1.807) is 17.8 Å². The summed E-state index contributed by atoms with van der Waals surface area (Å²) in [6, 6.07) is 10.8. The summed E-state index contributed by atoms with van der Waals surface area (Å²) in [7, 11) is 0. The average Bonchev–Trinajstić information content (AvgIpc) is 3.08. The van der Waals surface area contributed by atoms with Crippen LogP contribution in [0.4, 0.5) is 13.2 Å². The molecule has 0 atom stereocenters. The van der Waals surface area contributed by atoms with Gasteiger partial charge < -0.3 is 0 Å². The van der Waals surface area contributed by atoms with E-state index < -0.39 is 23.3 Å². The van der Waals surface area contributed by atoms with Gasteiger partial charge in [-0.2, -0.15) is 0 Å². The first-order valence-corrected chi connectivity index (χ1v) is 12.4. The number of ether oxygens (including phenoxy) is 1. The van der Waals surface area contributed by atoms with Crippen molar-refractivity contribution in [3.63, 3.8) is 0 Å². The Hall–Kier alpha value is -2.22. The van der Waals surface area contributed by atoms with Crippen molar-refractivity contribution in [2.24, 2.45) is 0 Å². The minimum atomic E-state index is -4.35. The second-order valence-corrected chi connectivity index (χ2v) is 11.1. The standard InChI is InChI=1S/C23H22F3NO3SSe/c1-13-11-17(9-10-18(13)30-22(3,4)21(28)29)31-12-19-14(2)27-20(32-19)15-5-7-16(8-6-15)23(24,25)26/h5-11H,12H2,1-4H3,(H,28,29). The van der Waals surface area contributed by atoms with Crippen molar-refractivity contribution >= 4 is 32.2 Å². The van der Waals surface area contributed by atoms with Crippen molar-refractivity contribution in [2.45, 2.75) is 50.1 Å². The number of aryl methyl sites for hydroxylation is 2. The summed E-state index contributed by atoms with van der Waals surface area (Å²) in [6.45, 7) is 6.80. The Morgan fingerprint density at radius 1 is 1.12 bits per heavy atom. The van der Waals surface area contributed by atoms with Gasteiger partial charge in [-0.05, 0) is 0 Å². The Morgan fingerprint density at radius 3 is 2.34 bits per heavy atom. The molecule has 3 aromatic rings. The molecule has 1 N–H and O–H groups in total. The number of hydrogen-bond donors (Lipinski definition) is 1. The Morgan fingerprint density at radius 2 is 1.78 bits per heavy atom.